The molecule has 1 fully saturated rings. The number of nitrogens with zero attached hydrogens (tertiary/aromatic N) is 2. The molecule has 0 saturated carbocycles. The standard InChI is InChI=1S/C22H27ClN2O5/c1-15-20(23)25(12-17-9-6-7-11-29-17)24-21(15)30-13-16-8-4-5-10-18(16)19(14-27-2)22(26)28-3/h4-5,8,10,14,17H,6-7,9,11-13H2,1-3H3/b19-14+. The number of halogens is 1. The highest BCUT2D eigenvalue weighted by atomic mass is 35.5. The third-order valence-corrected chi connectivity index (χ3v) is 5.51. The predicted octanol–water partition coefficient (Wildman–Crippen LogP) is 4.15. The maximum Gasteiger partial charge on any atom is 0.341 e. The molecule has 0 radical (unpaired) electrons. The molecule has 2 heterocycles. The molecule has 2 aromatic rings. The van der Waals surface area contributed by atoms with Crippen molar-refractivity contribution in [3.05, 3.63) is 52.4 Å². The number of methoxy groups -OCH3 is 2. The highest BCUT2D eigenvalue weighted by molar-refractivity contribution is 6.30. The van der Waals surface area contributed by atoms with Crippen molar-refractivity contribution >= 4 is 23.1 Å². The average Bonchev–Trinajstić information content (AvgIpc) is 3.04. The third-order valence-electron chi connectivity index (χ3n) is 5.03. The molecule has 1 aromatic heterocycles. The van der Waals surface area contributed by atoms with Crippen molar-refractivity contribution in [2.24, 2.45) is 0 Å². The molecule has 1 unspecified atom stereocenters. The van der Waals surface area contributed by atoms with Crippen molar-refractivity contribution in [3.63, 3.8) is 0 Å². The van der Waals surface area contributed by atoms with Crippen LogP contribution in [0.5, 0.6) is 5.88 Å². The number of hydrogen-bond acceptors (Lipinski definition) is 6. The zero-order valence-electron chi connectivity index (χ0n) is 17.5. The van der Waals surface area contributed by atoms with Gasteiger partial charge in [-0.05, 0) is 37.3 Å². The van der Waals surface area contributed by atoms with Crippen LogP contribution in [0.4, 0.5) is 0 Å². The molecule has 0 spiro atoms. The van der Waals surface area contributed by atoms with Gasteiger partial charge >= 0.3 is 5.97 Å². The fourth-order valence-electron chi connectivity index (χ4n) is 3.42. The van der Waals surface area contributed by atoms with Gasteiger partial charge in [-0.3, -0.25) is 0 Å². The van der Waals surface area contributed by atoms with Crippen LogP contribution in [-0.4, -0.2) is 42.7 Å². The van der Waals surface area contributed by atoms with Gasteiger partial charge in [-0.1, -0.05) is 35.9 Å². The maximum atomic E-state index is 12.2. The second-order valence-corrected chi connectivity index (χ2v) is 7.45. The largest absolute Gasteiger partial charge is 0.503 e. The summed E-state index contributed by atoms with van der Waals surface area (Å²) in [4.78, 5) is 12.2. The van der Waals surface area contributed by atoms with Crippen LogP contribution in [0.1, 0.15) is 36.0 Å². The number of hydrogen-bond donors (Lipinski definition) is 0. The summed E-state index contributed by atoms with van der Waals surface area (Å²) in [5, 5.41) is 5.08. The zero-order chi connectivity index (χ0) is 21.5. The lowest BCUT2D eigenvalue weighted by Gasteiger charge is -2.22. The average molecular weight is 435 g/mol. The van der Waals surface area contributed by atoms with E-state index in [9.17, 15) is 4.79 Å². The van der Waals surface area contributed by atoms with Crippen molar-refractivity contribution in [3.8, 4) is 5.88 Å². The van der Waals surface area contributed by atoms with Gasteiger partial charge in [0.05, 0.1) is 33.1 Å². The van der Waals surface area contributed by atoms with Crippen LogP contribution in [-0.2, 0) is 32.2 Å². The van der Waals surface area contributed by atoms with Gasteiger partial charge in [0, 0.05) is 12.2 Å². The maximum absolute atomic E-state index is 12.2. The molecule has 0 bridgehead atoms. The monoisotopic (exact) mass is 434 g/mol. The van der Waals surface area contributed by atoms with Crippen LogP contribution in [0.3, 0.4) is 0 Å². The Labute approximate surface area is 181 Å². The number of carbonyl (C=O) groups excluding carboxylic acids is 1. The van der Waals surface area contributed by atoms with Crippen LogP contribution >= 0.6 is 11.6 Å². The summed E-state index contributed by atoms with van der Waals surface area (Å²) >= 11 is 6.48. The van der Waals surface area contributed by atoms with Crippen LogP contribution in [0, 0.1) is 6.92 Å². The molecule has 1 saturated heterocycles. The van der Waals surface area contributed by atoms with E-state index in [-0.39, 0.29) is 12.7 Å². The minimum Gasteiger partial charge on any atom is -0.503 e. The fraction of sp³-hybridized carbons (Fsp3) is 0.455. The topological polar surface area (TPSA) is 71.8 Å². The van der Waals surface area contributed by atoms with Gasteiger partial charge in [0.1, 0.15) is 17.3 Å². The van der Waals surface area contributed by atoms with Gasteiger partial charge in [-0.2, -0.15) is 0 Å². The molecule has 7 nitrogen and oxygen atoms in total. The van der Waals surface area contributed by atoms with Gasteiger partial charge in [0.25, 0.3) is 0 Å². The van der Waals surface area contributed by atoms with Gasteiger partial charge in [-0.25, -0.2) is 9.48 Å². The quantitative estimate of drug-likeness (QED) is 0.353. The number of rotatable bonds is 8. The number of benzene rings is 1. The number of esters is 1. The fourth-order valence-corrected chi connectivity index (χ4v) is 3.60. The Morgan fingerprint density at radius 2 is 2.13 bits per heavy atom. The zero-order valence-corrected chi connectivity index (χ0v) is 18.3. The Balaban J connectivity index is 1.77. The normalized spacial score (nSPS) is 16.9. The summed E-state index contributed by atoms with van der Waals surface area (Å²) in [6.45, 7) is 3.46. The van der Waals surface area contributed by atoms with Crippen LogP contribution in [0.15, 0.2) is 30.5 Å². The molecule has 0 aliphatic carbocycles. The lowest BCUT2D eigenvalue weighted by Crippen LogP contribution is -2.25. The molecule has 1 aliphatic heterocycles. The van der Waals surface area contributed by atoms with E-state index >= 15 is 0 Å². The van der Waals surface area contributed by atoms with E-state index in [1.165, 1.54) is 20.5 Å². The van der Waals surface area contributed by atoms with Crippen LogP contribution in [0.25, 0.3) is 5.57 Å². The number of aromatic nitrogens is 2. The minimum absolute atomic E-state index is 0.117. The third kappa shape index (κ3) is 5.15. The van der Waals surface area contributed by atoms with Crippen molar-refractivity contribution in [1.82, 2.24) is 9.78 Å². The van der Waals surface area contributed by atoms with Gasteiger partial charge in [-0.15, -0.1) is 5.10 Å². The van der Waals surface area contributed by atoms with E-state index in [4.69, 9.17) is 30.5 Å². The Morgan fingerprint density at radius 1 is 1.33 bits per heavy atom. The Bertz CT molecular complexity index is 903. The molecule has 162 valence electrons. The van der Waals surface area contributed by atoms with Crippen LogP contribution < -0.4 is 4.74 Å². The van der Waals surface area contributed by atoms with Crippen molar-refractivity contribution in [2.45, 2.75) is 45.4 Å². The summed E-state index contributed by atoms with van der Waals surface area (Å²) in [6, 6.07) is 7.42. The SMILES string of the molecule is CO/C=C(/C(=O)OC)c1ccccc1COc1nn(CC2CCCCO2)c(Cl)c1C. The van der Waals surface area contributed by atoms with Gasteiger partial charge in [0.15, 0.2) is 0 Å². The molecule has 1 aliphatic rings. The molecule has 0 amide bonds. The molecule has 0 N–H and O–H groups in total. The molecular formula is C22H27ClN2O5. The first-order chi connectivity index (χ1) is 14.5. The van der Waals surface area contributed by atoms with Crippen molar-refractivity contribution in [1.29, 1.82) is 0 Å². The summed E-state index contributed by atoms with van der Waals surface area (Å²) in [7, 11) is 2.81. The highest BCUT2D eigenvalue weighted by Crippen LogP contribution is 2.28. The first kappa shape index (κ1) is 22.2. The lowest BCUT2D eigenvalue weighted by atomic mass is 10.0. The van der Waals surface area contributed by atoms with E-state index in [1.54, 1.807) is 4.68 Å². The van der Waals surface area contributed by atoms with Crippen molar-refractivity contribution in [2.75, 3.05) is 20.8 Å². The van der Waals surface area contributed by atoms with E-state index in [2.05, 4.69) is 5.10 Å². The Morgan fingerprint density at radius 3 is 2.83 bits per heavy atom. The van der Waals surface area contributed by atoms with Crippen LogP contribution in [0.2, 0.25) is 5.15 Å². The van der Waals surface area contributed by atoms with E-state index in [0.29, 0.717) is 28.7 Å². The Kier molecular flexibility index (Phi) is 7.76. The molecule has 30 heavy (non-hydrogen) atoms. The van der Waals surface area contributed by atoms with Gasteiger partial charge in [0.2, 0.25) is 5.88 Å². The molecule has 1 aromatic carbocycles. The summed E-state index contributed by atoms with van der Waals surface area (Å²) in [6.07, 6.45) is 4.74. The Hall–Kier alpha value is -2.51. The second-order valence-electron chi connectivity index (χ2n) is 7.10. The predicted molar refractivity (Wildman–Crippen MR) is 113 cm³/mol. The smallest absolute Gasteiger partial charge is 0.341 e. The molecule has 3 rings (SSSR count). The summed E-state index contributed by atoms with van der Waals surface area (Å²) < 4.78 is 23.4. The van der Waals surface area contributed by atoms with E-state index in [0.717, 1.165) is 37.0 Å². The number of carbonyl (C=O) groups is 1. The molecule has 1 atom stereocenters. The summed E-state index contributed by atoms with van der Waals surface area (Å²) in [5.74, 6) is -0.0266. The molecular weight excluding hydrogens is 408 g/mol. The first-order valence-corrected chi connectivity index (χ1v) is 10.3. The van der Waals surface area contributed by atoms with Gasteiger partial charge < -0.3 is 18.9 Å². The number of ether oxygens (including phenoxy) is 4. The lowest BCUT2D eigenvalue weighted by molar-refractivity contribution is -0.133. The van der Waals surface area contributed by atoms with Crippen molar-refractivity contribution < 1.29 is 23.7 Å². The van der Waals surface area contributed by atoms with E-state index < -0.39 is 5.97 Å². The van der Waals surface area contributed by atoms with E-state index in [1.807, 2.05) is 31.2 Å². The highest BCUT2D eigenvalue weighted by Gasteiger charge is 2.21. The minimum atomic E-state index is -0.486. The molecule has 8 heteroatoms. The second kappa shape index (κ2) is 10.5. The first-order valence-electron chi connectivity index (χ1n) is 9.92. The summed E-state index contributed by atoms with van der Waals surface area (Å²) in [5.41, 5.74) is 2.55.